The Balaban J connectivity index is 1.42. The molecule has 2 aromatic rings. The van der Waals surface area contributed by atoms with Gasteiger partial charge in [0.2, 0.25) is 0 Å². The van der Waals surface area contributed by atoms with Gasteiger partial charge in [0.05, 0.1) is 6.54 Å². The smallest absolute Gasteiger partial charge is 0.325 e. The molecule has 2 atom stereocenters. The van der Waals surface area contributed by atoms with Crippen molar-refractivity contribution < 1.29 is 24.2 Å². The fourth-order valence-corrected chi connectivity index (χ4v) is 4.22. The van der Waals surface area contributed by atoms with Gasteiger partial charge in [-0.05, 0) is 61.6 Å². The molecule has 7 nitrogen and oxygen atoms in total. The molecule has 2 aliphatic rings. The van der Waals surface area contributed by atoms with Crippen LogP contribution in [0.25, 0.3) is 0 Å². The first-order valence-corrected chi connectivity index (χ1v) is 10.0. The number of rotatable bonds is 6. The number of amides is 3. The minimum absolute atomic E-state index is 0.0432. The van der Waals surface area contributed by atoms with Gasteiger partial charge in [0.1, 0.15) is 24.0 Å². The number of ketones is 1. The Kier molecular flexibility index (Phi) is 5.30. The van der Waals surface area contributed by atoms with E-state index in [2.05, 4.69) is 5.32 Å². The molecule has 1 spiro atoms. The molecule has 156 valence electrons. The van der Waals surface area contributed by atoms with E-state index in [4.69, 9.17) is 4.74 Å². The van der Waals surface area contributed by atoms with Crippen LogP contribution in [0, 0.1) is 0 Å². The zero-order valence-corrected chi connectivity index (χ0v) is 16.8. The van der Waals surface area contributed by atoms with Crippen LogP contribution in [-0.2, 0) is 16.8 Å². The Morgan fingerprint density at radius 1 is 1.20 bits per heavy atom. The molecule has 0 unspecified atom stereocenters. The second-order valence-electron chi connectivity index (χ2n) is 7.81. The van der Waals surface area contributed by atoms with Crippen LogP contribution in [0.2, 0.25) is 0 Å². The number of hydrogen-bond donors (Lipinski definition) is 2. The zero-order valence-electron chi connectivity index (χ0n) is 16.8. The van der Waals surface area contributed by atoms with Crippen LogP contribution < -0.4 is 10.1 Å². The van der Waals surface area contributed by atoms with Gasteiger partial charge in [-0.25, -0.2) is 4.79 Å². The van der Waals surface area contributed by atoms with Crippen LogP contribution in [0.4, 0.5) is 4.79 Å². The molecule has 1 heterocycles. The molecule has 2 aromatic carbocycles. The summed E-state index contributed by atoms with van der Waals surface area (Å²) in [4.78, 5) is 38.2. The molecule has 1 saturated heterocycles. The molecule has 30 heavy (non-hydrogen) atoms. The number of nitrogens with zero attached hydrogens (tertiary/aromatic N) is 1. The van der Waals surface area contributed by atoms with Gasteiger partial charge in [-0.1, -0.05) is 24.3 Å². The summed E-state index contributed by atoms with van der Waals surface area (Å²) in [6, 6.07) is 13.8. The Hall–Kier alpha value is -3.19. The normalized spacial score (nSPS) is 21.3. The van der Waals surface area contributed by atoms with Crippen molar-refractivity contribution >= 4 is 17.7 Å². The summed E-state index contributed by atoms with van der Waals surface area (Å²) in [5.41, 5.74) is 1.43. The molecule has 0 radical (unpaired) electrons. The number of carbonyl (C=O) groups is 3. The van der Waals surface area contributed by atoms with Crippen LogP contribution in [0.15, 0.2) is 48.5 Å². The van der Waals surface area contributed by atoms with Crippen molar-refractivity contribution in [1.29, 1.82) is 0 Å². The Morgan fingerprint density at radius 2 is 1.93 bits per heavy atom. The Morgan fingerprint density at radius 3 is 2.67 bits per heavy atom. The standard InChI is InChI=1S/C23H24N2O5/c1-15(26)16-8-10-19(11-9-16)30-14-18(27)13-25-21(28)23(24-22(25)29)12-4-6-17-5-2-3-7-20(17)23/h2-3,5,7-11,18,27H,4,6,12-14H2,1H3,(H,24,29)/t18-,23+/m1/s1. The summed E-state index contributed by atoms with van der Waals surface area (Å²) in [5.74, 6) is 0.122. The van der Waals surface area contributed by atoms with Gasteiger partial charge in [0, 0.05) is 5.56 Å². The lowest BCUT2D eigenvalue weighted by Gasteiger charge is -2.33. The number of β-amino-alcohol motifs (C(OH)–C–C–N with tert-alkyl or cyclic N) is 1. The number of aliphatic hydroxyl groups is 1. The number of aliphatic hydroxyl groups excluding tert-OH is 1. The van der Waals surface area contributed by atoms with Crippen LogP contribution in [0.5, 0.6) is 5.75 Å². The first kappa shape index (κ1) is 20.1. The van der Waals surface area contributed by atoms with Gasteiger partial charge in [0.25, 0.3) is 5.91 Å². The molecule has 4 rings (SSSR count). The molecule has 0 saturated carbocycles. The zero-order chi connectivity index (χ0) is 21.3. The van der Waals surface area contributed by atoms with E-state index in [0.717, 1.165) is 28.9 Å². The van der Waals surface area contributed by atoms with Gasteiger partial charge in [-0.15, -0.1) is 0 Å². The summed E-state index contributed by atoms with van der Waals surface area (Å²) in [6.07, 6.45) is 1.18. The van der Waals surface area contributed by atoms with E-state index in [9.17, 15) is 19.5 Å². The predicted octanol–water partition coefficient (Wildman–Crippen LogP) is 2.41. The molecule has 1 aliphatic carbocycles. The number of ether oxygens (including phenoxy) is 1. The van der Waals surface area contributed by atoms with Crippen molar-refractivity contribution in [3.63, 3.8) is 0 Å². The quantitative estimate of drug-likeness (QED) is 0.565. The average Bonchev–Trinajstić information content (AvgIpc) is 2.97. The highest BCUT2D eigenvalue weighted by Crippen LogP contribution is 2.39. The molecular weight excluding hydrogens is 384 g/mol. The molecule has 0 bridgehead atoms. The number of fused-ring (bicyclic) bond motifs is 2. The molecule has 1 aliphatic heterocycles. The molecule has 1 fully saturated rings. The summed E-state index contributed by atoms with van der Waals surface area (Å²) in [5, 5.41) is 13.3. The SMILES string of the molecule is CC(=O)c1ccc(OC[C@H](O)CN2C(=O)N[C@]3(CCCc4ccccc43)C2=O)cc1. The number of imide groups is 1. The van der Waals surface area contributed by atoms with Crippen molar-refractivity contribution in [1.82, 2.24) is 10.2 Å². The second-order valence-corrected chi connectivity index (χ2v) is 7.81. The summed E-state index contributed by atoms with van der Waals surface area (Å²) >= 11 is 0. The van der Waals surface area contributed by atoms with Gasteiger partial charge in [-0.2, -0.15) is 0 Å². The van der Waals surface area contributed by atoms with Gasteiger partial charge in [0.15, 0.2) is 5.78 Å². The molecule has 0 aromatic heterocycles. The molecule has 2 N–H and O–H groups in total. The number of urea groups is 1. The first-order chi connectivity index (χ1) is 14.4. The summed E-state index contributed by atoms with van der Waals surface area (Å²) in [7, 11) is 0. The van der Waals surface area contributed by atoms with E-state index in [0.29, 0.717) is 17.7 Å². The van der Waals surface area contributed by atoms with E-state index in [1.807, 2.05) is 24.3 Å². The van der Waals surface area contributed by atoms with Crippen LogP contribution in [0.3, 0.4) is 0 Å². The third kappa shape index (κ3) is 3.57. The van der Waals surface area contributed by atoms with Crippen molar-refractivity contribution in [3.05, 3.63) is 65.2 Å². The fraction of sp³-hybridized carbons (Fsp3) is 0.348. The largest absolute Gasteiger partial charge is 0.491 e. The van der Waals surface area contributed by atoms with Gasteiger partial charge >= 0.3 is 6.03 Å². The number of Topliss-reactive ketones (excluding diaryl/α,β-unsaturated/α-hetero) is 1. The third-order valence-electron chi connectivity index (χ3n) is 5.75. The lowest BCUT2D eigenvalue weighted by molar-refractivity contribution is -0.133. The van der Waals surface area contributed by atoms with Crippen LogP contribution in [0.1, 0.15) is 41.3 Å². The van der Waals surface area contributed by atoms with Gasteiger partial charge in [-0.3, -0.25) is 14.5 Å². The highest BCUT2D eigenvalue weighted by Gasteiger charge is 2.54. The predicted molar refractivity (Wildman–Crippen MR) is 109 cm³/mol. The van der Waals surface area contributed by atoms with Crippen molar-refractivity contribution in [2.45, 2.75) is 37.8 Å². The Bertz CT molecular complexity index is 987. The molecule has 7 heteroatoms. The van der Waals surface area contributed by atoms with Crippen molar-refractivity contribution in [2.24, 2.45) is 0 Å². The maximum Gasteiger partial charge on any atom is 0.325 e. The number of benzene rings is 2. The third-order valence-corrected chi connectivity index (χ3v) is 5.75. The van der Waals surface area contributed by atoms with E-state index in [1.165, 1.54) is 6.92 Å². The van der Waals surface area contributed by atoms with Crippen LogP contribution in [-0.4, -0.2) is 47.0 Å². The number of carbonyl (C=O) groups excluding carboxylic acids is 3. The monoisotopic (exact) mass is 408 g/mol. The van der Waals surface area contributed by atoms with Crippen LogP contribution >= 0.6 is 0 Å². The minimum Gasteiger partial charge on any atom is -0.491 e. The number of hydrogen-bond acceptors (Lipinski definition) is 5. The highest BCUT2D eigenvalue weighted by atomic mass is 16.5. The van der Waals surface area contributed by atoms with E-state index >= 15 is 0 Å². The van der Waals surface area contributed by atoms with Crippen molar-refractivity contribution in [2.75, 3.05) is 13.2 Å². The maximum atomic E-state index is 13.2. The maximum absolute atomic E-state index is 13.2. The van der Waals surface area contributed by atoms with E-state index in [1.54, 1.807) is 24.3 Å². The number of nitrogens with one attached hydrogen (secondary N) is 1. The van der Waals surface area contributed by atoms with E-state index < -0.39 is 17.7 Å². The fourth-order valence-electron chi connectivity index (χ4n) is 4.22. The summed E-state index contributed by atoms with van der Waals surface area (Å²) < 4.78 is 5.55. The molecular formula is C23H24N2O5. The minimum atomic E-state index is -1.05. The lowest BCUT2D eigenvalue weighted by atomic mass is 9.76. The van der Waals surface area contributed by atoms with E-state index in [-0.39, 0.29) is 24.8 Å². The van der Waals surface area contributed by atoms with Gasteiger partial charge < -0.3 is 15.2 Å². The highest BCUT2D eigenvalue weighted by molar-refractivity contribution is 6.07. The lowest BCUT2D eigenvalue weighted by Crippen LogP contribution is -2.47. The second kappa shape index (κ2) is 7.91. The molecule has 3 amide bonds. The topological polar surface area (TPSA) is 95.9 Å². The van der Waals surface area contributed by atoms with Crippen molar-refractivity contribution in [3.8, 4) is 5.75 Å². The summed E-state index contributed by atoms with van der Waals surface area (Å²) in [6.45, 7) is 1.25. The Labute approximate surface area is 174 Å². The number of aryl methyl sites for hydroxylation is 1. The average molecular weight is 408 g/mol. The first-order valence-electron chi connectivity index (χ1n) is 10.0.